The van der Waals surface area contributed by atoms with Gasteiger partial charge in [-0.1, -0.05) is 18.2 Å². The quantitative estimate of drug-likeness (QED) is 0.848. The number of aryl methyl sites for hydroxylation is 1. The number of anilines is 1. The van der Waals surface area contributed by atoms with Gasteiger partial charge in [-0.05, 0) is 12.5 Å². The Morgan fingerprint density at radius 3 is 2.67 bits per heavy atom. The molecule has 0 aliphatic carbocycles. The standard InChI is InChI=1S/C13H12F4N2OS/c1-6-3-2-4-7-8(18)10(21-9(6)7)11(20)19-5-13(16,17)12(14)15/h2-4,12H,5,18H2,1H3,(H,19,20). The first kappa shape index (κ1) is 15.6. The first-order valence-electron chi connectivity index (χ1n) is 5.96. The highest BCUT2D eigenvalue weighted by atomic mass is 32.1. The highest BCUT2D eigenvalue weighted by Crippen LogP contribution is 2.35. The first-order valence-corrected chi connectivity index (χ1v) is 6.77. The van der Waals surface area contributed by atoms with Crippen molar-refractivity contribution in [1.82, 2.24) is 5.32 Å². The van der Waals surface area contributed by atoms with E-state index in [4.69, 9.17) is 5.73 Å². The van der Waals surface area contributed by atoms with Gasteiger partial charge in [0.15, 0.2) is 0 Å². The van der Waals surface area contributed by atoms with E-state index in [2.05, 4.69) is 0 Å². The zero-order chi connectivity index (χ0) is 15.8. The number of fused-ring (bicyclic) bond motifs is 1. The maximum absolute atomic E-state index is 12.8. The van der Waals surface area contributed by atoms with Crippen LogP contribution in [0.5, 0.6) is 0 Å². The molecule has 21 heavy (non-hydrogen) atoms. The number of nitrogen functional groups attached to an aromatic ring is 1. The van der Waals surface area contributed by atoms with E-state index in [1.54, 1.807) is 17.4 Å². The number of alkyl halides is 4. The fourth-order valence-electron chi connectivity index (χ4n) is 1.80. The fourth-order valence-corrected chi connectivity index (χ4v) is 2.91. The summed E-state index contributed by atoms with van der Waals surface area (Å²) in [5.74, 6) is -5.15. The molecule has 0 aliphatic rings. The van der Waals surface area contributed by atoms with E-state index in [1.165, 1.54) is 0 Å². The minimum Gasteiger partial charge on any atom is -0.397 e. The van der Waals surface area contributed by atoms with Crippen molar-refractivity contribution >= 4 is 33.0 Å². The molecule has 2 aromatic rings. The van der Waals surface area contributed by atoms with Crippen molar-refractivity contribution in [2.24, 2.45) is 0 Å². The lowest BCUT2D eigenvalue weighted by atomic mass is 10.1. The van der Waals surface area contributed by atoms with Crippen molar-refractivity contribution in [3.8, 4) is 0 Å². The third-order valence-corrected chi connectivity index (χ3v) is 4.32. The van der Waals surface area contributed by atoms with E-state index in [9.17, 15) is 22.4 Å². The van der Waals surface area contributed by atoms with Gasteiger partial charge in [-0.25, -0.2) is 8.78 Å². The number of amides is 1. The van der Waals surface area contributed by atoms with E-state index in [1.807, 2.05) is 13.0 Å². The summed E-state index contributed by atoms with van der Waals surface area (Å²) in [5.41, 5.74) is 6.88. The minimum absolute atomic E-state index is 0.0457. The Bertz CT molecular complexity index is 684. The molecule has 114 valence electrons. The second-order valence-corrected chi connectivity index (χ2v) is 5.56. The molecule has 0 fully saturated rings. The molecule has 1 amide bonds. The Labute approximate surface area is 121 Å². The van der Waals surface area contributed by atoms with Crippen LogP contribution in [0.1, 0.15) is 15.2 Å². The predicted octanol–water partition coefficient (Wildman–Crippen LogP) is 3.42. The monoisotopic (exact) mass is 320 g/mol. The summed E-state index contributed by atoms with van der Waals surface area (Å²) in [6.45, 7) is 0.390. The van der Waals surface area contributed by atoms with Crippen molar-refractivity contribution < 1.29 is 22.4 Å². The van der Waals surface area contributed by atoms with Crippen LogP contribution >= 0.6 is 11.3 Å². The Balaban J connectivity index is 2.25. The average Bonchev–Trinajstić information content (AvgIpc) is 2.75. The molecule has 3 N–H and O–H groups in total. The van der Waals surface area contributed by atoms with E-state index in [0.29, 0.717) is 5.39 Å². The average molecular weight is 320 g/mol. The van der Waals surface area contributed by atoms with Gasteiger partial charge in [0.05, 0.1) is 12.2 Å². The van der Waals surface area contributed by atoms with Crippen LogP contribution in [0.4, 0.5) is 23.2 Å². The Kier molecular flexibility index (Phi) is 4.08. The lowest BCUT2D eigenvalue weighted by Gasteiger charge is -2.15. The molecule has 2 rings (SSSR count). The van der Waals surface area contributed by atoms with Crippen LogP contribution in [0.2, 0.25) is 0 Å². The Morgan fingerprint density at radius 1 is 1.43 bits per heavy atom. The van der Waals surface area contributed by atoms with Gasteiger partial charge in [0.25, 0.3) is 5.91 Å². The summed E-state index contributed by atoms with van der Waals surface area (Å²) in [7, 11) is 0. The SMILES string of the molecule is Cc1cccc2c(N)c(C(=O)NCC(F)(F)C(F)F)sc12. The second-order valence-electron chi connectivity index (χ2n) is 4.54. The number of rotatable bonds is 4. The number of hydrogen-bond donors (Lipinski definition) is 2. The van der Waals surface area contributed by atoms with Crippen molar-refractivity contribution in [2.45, 2.75) is 19.3 Å². The van der Waals surface area contributed by atoms with Crippen LogP contribution in [-0.4, -0.2) is 24.8 Å². The summed E-state index contributed by atoms with van der Waals surface area (Å²) in [4.78, 5) is 11.9. The van der Waals surface area contributed by atoms with Gasteiger partial charge >= 0.3 is 12.3 Å². The van der Waals surface area contributed by atoms with Gasteiger partial charge in [0.1, 0.15) is 4.88 Å². The Morgan fingerprint density at radius 2 is 2.10 bits per heavy atom. The molecular formula is C13H12F4N2OS. The number of carbonyl (C=O) groups is 1. The summed E-state index contributed by atoms with van der Waals surface area (Å²) in [6.07, 6.45) is -3.83. The van der Waals surface area contributed by atoms with Gasteiger partial charge in [-0.15, -0.1) is 11.3 Å². The minimum atomic E-state index is -4.27. The molecule has 8 heteroatoms. The van der Waals surface area contributed by atoms with Crippen LogP contribution in [0.15, 0.2) is 18.2 Å². The largest absolute Gasteiger partial charge is 0.397 e. The summed E-state index contributed by atoms with van der Waals surface area (Å²) in [6, 6.07) is 5.29. The van der Waals surface area contributed by atoms with Crippen LogP contribution < -0.4 is 11.1 Å². The molecule has 0 atom stereocenters. The number of thiophene rings is 1. The van der Waals surface area contributed by atoms with Gasteiger partial charge in [0, 0.05) is 10.1 Å². The molecule has 0 spiro atoms. The first-order chi connectivity index (χ1) is 9.74. The molecular weight excluding hydrogens is 308 g/mol. The molecule has 0 unspecified atom stereocenters. The van der Waals surface area contributed by atoms with Gasteiger partial charge in [0.2, 0.25) is 0 Å². The maximum atomic E-state index is 12.8. The molecule has 0 saturated heterocycles. The summed E-state index contributed by atoms with van der Waals surface area (Å²) >= 11 is 1.05. The third kappa shape index (κ3) is 2.94. The zero-order valence-electron chi connectivity index (χ0n) is 10.9. The topological polar surface area (TPSA) is 55.1 Å². The van der Waals surface area contributed by atoms with Crippen molar-refractivity contribution in [2.75, 3.05) is 12.3 Å². The number of halogens is 4. The molecule has 3 nitrogen and oxygen atoms in total. The van der Waals surface area contributed by atoms with Gasteiger partial charge < -0.3 is 11.1 Å². The lowest BCUT2D eigenvalue weighted by Crippen LogP contribution is -2.41. The van der Waals surface area contributed by atoms with Crippen LogP contribution in [0.3, 0.4) is 0 Å². The van der Waals surface area contributed by atoms with Gasteiger partial charge in [-0.2, -0.15) is 8.78 Å². The third-order valence-electron chi connectivity index (χ3n) is 2.96. The fraction of sp³-hybridized carbons (Fsp3) is 0.308. The number of benzene rings is 1. The Hall–Kier alpha value is -1.83. The predicted molar refractivity (Wildman–Crippen MR) is 74.3 cm³/mol. The van der Waals surface area contributed by atoms with Crippen molar-refractivity contribution in [3.63, 3.8) is 0 Å². The smallest absolute Gasteiger partial charge is 0.324 e. The van der Waals surface area contributed by atoms with Gasteiger partial charge in [-0.3, -0.25) is 4.79 Å². The lowest BCUT2D eigenvalue weighted by molar-refractivity contribution is -0.123. The van der Waals surface area contributed by atoms with Crippen molar-refractivity contribution in [1.29, 1.82) is 0 Å². The highest BCUT2D eigenvalue weighted by Gasteiger charge is 2.41. The number of carbonyl (C=O) groups excluding carboxylic acids is 1. The summed E-state index contributed by atoms with van der Waals surface area (Å²) in [5, 5.41) is 2.45. The van der Waals surface area contributed by atoms with Crippen LogP contribution in [-0.2, 0) is 0 Å². The zero-order valence-corrected chi connectivity index (χ0v) is 11.7. The number of hydrogen-bond acceptors (Lipinski definition) is 3. The molecule has 0 radical (unpaired) electrons. The van der Waals surface area contributed by atoms with Crippen LogP contribution in [0, 0.1) is 6.92 Å². The van der Waals surface area contributed by atoms with E-state index in [-0.39, 0.29) is 10.6 Å². The molecule has 0 saturated carbocycles. The molecule has 0 bridgehead atoms. The highest BCUT2D eigenvalue weighted by molar-refractivity contribution is 7.21. The van der Waals surface area contributed by atoms with E-state index >= 15 is 0 Å². The molecule has 1 aromatic carbocycles. The number of nitrogens with two attached hydrogens (primary N) is 1. The molecule has 0 aliphatic heterocycles. The number of nitrogens with one attached hydrogen (secondary N) is 1. The summed E-state index contributed by atoms with van der Waals surface area (Å²) < 4.78 is 50.4. The second kappa shape index (κ2) is 5.51. The maximum Gasteiger partial charge on any atom is 0.324 e. The normalized spacial score (nSPS) is 12.1. The van der Waals surface area contributed by atoms with Crippen molar-refractivity contribution in [3.05, 3.63) is 28.6 Å². The van der Waals surface area contributed by atoms with Crippen LogP contribution in [0.25, 0.3) is 10.1 Å². The molecule has 1 heterocycles. The van der Waals surface area contributed by atoms with E-state index < -0.39 is 24.8 Å². The molecule has 1 aromatic heterocycles. The van der Waals surface area contributed by atoms with E-state index in [0.717, 1.165) is 21.6 Å².